The van der Waals surface area contributed by atoms with Gasteiger partial charge in [-0.25, -0.2) is 8.42 Å². The number of rotatable bonds is 11. The number of benzene rings is 3. The minimum absolute atomic E-state index is 0.0486. The van der Waals surface area contributed by atoms with Crippen LogP contribution in [0.2, 0.25) is 0 Å². The first kappa shape index (κ1) is 27.3. The van der Waals surface area contributed by atoms with Crippen molar-refractivity contribution in [3.8, 4) is 0 Å². The summed E-state index contributed by atoms with van der Waals surface area (Å²) in [6.45, 7) is 3.17. The molecule has 0 saturated carbocycles. The number of non-ortho nitro benzene ring substituents is 1. The molecule has 0 radical (unpaired) electrons. The van der Waals surface area contributed by atoms with Crippen LogP contribution in [-0.4, -0.2) is 49.2 Å². The van der Waals surface area contributed by atoms with Gasteiger partial charge in [-0.05, 0) is 43.7 Å². The van der Waals surface area contributed by atoms with Crippen molar-refractivity contribution in [1.82, 2.24) is 10.2 Å². The zero-order valence-electron chi connectivity index (χ0n) is 20.5. The van der Waals surface area contributed by atoms with E-state index < -0.39 is 33.4 Å². The molecule has 0 saturated heterocycles. The van der Waals surface area contributed by atoms with E-state index in [1.54, 1.807) is 56.3 Å². The fraction of sp³-hybridized carbons (Fsp3) is 0.231. The van der Waals surface area contributed by atoms with E-state index in [4.69, 9.17) is 0 Å². The van der Waals surface area contributed by atoms with Gasteiger partial charge in [0.2, 0.25) is 11.8 Å². The minimum atomic E-state index is -4.23. The van der Waals surface area contributed by atoms with Crippen LogP contribution in [0.15, 0.2) is 89.8 Å². The number of amides is 2. The third-order valence-corrected chi connectivity index (χ3v) is 7.46. The van der Waals surface area contributed by atoms with Crippen molar-refractivity contribution < 1.29 is 22.9 Å². The minimum Gasteiger partial charge on any atom is -0.355 e. The van der Waals surface area contributed by atoms with E-state index in [0.29, 0.717) is 6.54 Å². The van der Waals surface area contributed by atoms with Crippen LogP contribution in [0.1, 0.15) is 19.4 Å². The maximum Gasteiger partial charge on any atom is 0.269 e. The first-order chi connectivity index (χ1) is 17.6. The van der Waals surface area contributed by atoms with Gasteiger partial charge in [0, 0.05) is 25.2 Å². The third-order valence-electron chi connectivity index (χ3n) is 5.67. The summed E-state index contributed by atoms with van der Waals surface area (Å²) in [6, 6.07) is 20.6. The van der Waals surface area contributed by atoms with Gasteiger partial charge in [-0.3, -0.25) is 24.0 Å². The summed E-state index contributed by atoms with van der Waals surface area (Å²) >= 11 is 0. The maximum atomic E-state index is 13.7. The summed E-state index contributed by atoms with van der Waals surface area (Å²) in [5.41, 5.74) is 0.621. The van der Waals surface area contributed by atoms with Crippen molar-refractivity contribution in [3.05, 3.63) is 101 Å². The number of hydrogen-bond acceptors (Lipinski definition) is 6. The van der Waals surface area contributed by atoms with Gasteiger partial charge in [0.25, 0.3) is 15.7 Å². The summed E-state index contributed by atoms with van der Waals surface area (Å²) in [7, 11) is -4.23. The maximum absolute atomic E-state index is 13.7. The topological polar surface area (TPSA) is 130 Å². The molecule has 0 aliphatic heterocycles. The average molecular weight is 525 g/mol. The largest absolute Gasteiger partial charge is 0.355 e. The number of carbonyl (C=O) groups is 2. The van der Waals surface area contributed by atoms with E-state index in [2.05, 4.69) is 5.32 Å². The van der Waals surface area contributed by atoms with Crippen LogP contribution in [0.3, 0.4) is 0 Å². The number of likely N-dealkylation sites (N-methyl/N-ethyl adjacent to an activating group) is 1. The highest BCUT2D eigenvalue weighted by molar-refractivity contribution is 7.92. The SMILES string of the molecule is CCNC(=O)C(C)N(Cc1ccccc1)C(=O)CN(c1ccc([N+](=O)[O-])cc1)S(=O)(=O)c1ccccc1. The molecule has 194 valence electrons. The van der Waals surface area contributed by atoms with Crippen LogP contribution >= 0.6 is 0 Å². The molecule has 0 spiro atoms. The number of nitrogens with zero attached hydrogens (tertiary/aromatic N) is 3. The van der Waals surface area contributed by atoms with E-state index in [0.717, 1.165) is 9.87 Å². The Bertz CT molecular complexity index is 1330. The van der Waals surface area contributed by atoms with Gasteiger partial charge >= 0.3 is 0 Å². The Kier molecular flexibility index (Phi) is 8.96. The van der Waals surface area contributed by atoms with Crippen LogP contribution in [0.4, 0.5) is 11.4 Å². The third kappa shape index (κ3) is 6.70. The number of sulfonamides is 1. The standard InChI is InChI=1S/C26H28N4O6S/c1-3-27-26(32)20(2)28(18-21-10-6-4-7-11-21)25(31)19-29(22-14-16-23(17-15-22)30(33)34)37(35,36)24-12-8-5-9-13-24/h4-17,20H,3,18-19H2,1-2H3,(H,27,32). The highest BCUT2D eigenvalue weighted by Gasteiger charge is 2.32. The van der Waals surface area contributed by atoms with Crippen LogP contribution in [0.25, 0.3) is 0 Å². The molecule has 3 rings (SSSR count). The molecule has 1 N–H and O–H groups in total. The molecular formula is C26H28N4O6S. The fourth-order valence-electron chi connectivity index (χ4n) is 3.67. The second-order valence-electron chi connectivity index (χ2n) is 8.18. The molecule has 0 aliphatic rings. The number of anilines is 1. The fourth-order valence-corrected chi connectivity index (χ4v) is 5.11. The molecule has 10 nitrogen and oxygen atoms in total. The Morgan fingerprint density at radius 1 is 0.946 bits per heavy atom. The molecule has 3 aromatic carbocycles. The monoisotopic (exact) mass is 524 g/mol. The van der Waals surface area contributed by atoms with Gasteiger partial charge in [-0.15, -0.1) is 0 Å². The first-order valence-corrected chi connectivity index (χ1v) is 13.0. The van der Waals surface area contributed by atoms with Gasteiger partial charge in [0.05, 0.1) is 15.5 Å². The molecule has 0 aliphatic carbocycles. The Morgan fingerprint density at radius 2 is 1.51 bits per heavy atom. The molecule has 2 amide bonds. The summed E-state index contributed by atoms with van der Waals surface area (Å²) in [6.07, 6.45) is 0. The van der Waals surface area contributed by atoms with E-state index in [9.17, 15) is 28.1 Å². The molecule has 3 aromatic rings. The number of carbonyl (C=O) groups excluding carboxylic acids is 2. The predicted octanol–water partition coefficient (Wildman–Crippen LogP) is 3.34. The molecule has 0 heterocycles. The number of nitrogens with one attached hydrogen (secondary N) is 1. The van der Waals surface area contributed by atoms with Crippen molar-refractivity contribution >= 4 is 33.2 Å². The van der Waals surface area contributed by atoms with Gasteiger partial charge in [0.15, 0.2) is 0 Å². The van der Waals surface area contributed by atoms with Crippen molar-refractivity contribution in [2.24, 2.45) is 0 Å². The van der Waals surface area contributed by atoms with Gasteiger partial charge in [-0.2, -0.15) is 0 Å². The second-order valence-corrected chi connectivity index (χ2v) is 10.0. The first-order valence-electron chi connectivity index (χ1n) is 11.6. The van der Waals surface area contributed by atoms with E-state index >= 15 is 0 Å². The number of nitro groups is 1. The zero-order valence-corrected chi connectivity index (χ0v) is 21.3. The smallest absolute Gasteiger partial charge is 0.269 e. The summed E-state index contributed by atoms with van der Waals surface area (Å²) in [5.74, 6) is -0.986. The highest BCUT2D eigenvalue weighted by atomic mass is 32.2. The van der Waals surface area contributed by atoms with Crippen LogP contribution in [0, 0.1) is 10.1 Å². The molecule has 0 fully saturated rings. The Balaban J connectivity index is 2.02. The number of hydrogen-bond donors (Lipinski definition) is 1. The molecule has 11 heteroatoms. The lowest BCUT2D eigenvalue weighted by Crippen LogP contribution is -2.51. The lowest BCUT2D eigenvalue weighted by molar-refractivity contribution is -0.384. The molecule has 0 aromatic heterocycles. The molecule has 1 atom stereocenters. The Morgan fingerprint density at radius 3 is 2.05 bits per heavy atom. The van der Waals surface area contributed by atoms with Crippen molar-refractivity contribution in [3.63, 3.8) is 0 Å². The molecule has 37 heavy (non-hydrogen) atoms. The molecule has 0 bridgehead atoms. The second kappa shape index (κ2) is 12.1. The van der Waals surface area contributed by atoms with Gasteiger partial charge < -0.3 is 10.2 Å². The average Bonchev–Trinajstić information content (AvgIpc) is 2.91. The van der Waals surface area contributed by atoms with Crippen molar-refractivity contribution in [2.75, 3.05) is 17.4 Å². The summed E-state index contributed by atoms with van der Waals surface area (Å²) in [5, 5.41) is 13.8. The lowest BCUT2D eigenvalue weighted by Gasteiger charge is -2.32. The number of nitro benzene ring substituents is 1. The van der Waals surface area contributed by atoms with E-state index in [-0.39, 0.29) is 28.7 Å². The highest BCUT2D eigenvalue weighted by Crippen LogP contribution is 2.26. The Labute approximate surface area is 215 Å². The van der Waals surface area contributed by atoms with Gasteiger partial charge in [0.1, 0.15) is 12.6 Å². The summed E-state index contributed by atoms with van der Waals surface area (Å²) < 4.78 is 28.1. The van der Waals surface area contributed by atoms with E-state index in [1.165, 1.54) is 41.3 Å². The van der Waals surface area contributed by atoms with Crippen LogP contribution in [-0.2, 0) is 26.2 Å². The van der Waals surface area contributed by atoms with Gasteiger partial charge in [-0.1, -0.05) is 48.5 Å². The van der Waals surface area contributed by atoms with Crippen molar-refractivity contribution in [1.29, 1.82) is 0 Å². The van der Waals surface area contributed by atoms with Crippen molar-refractivity contribution in [2.45, 2.75) is 31.3 Å². The normalized spacial score (nSPS) is 11.8. The summed E-state index contributed by atoms with van der Waals surface area (Å²) in [4.78, 5) is 38.1. The predicted molar refractivity (Wildman–Crippen MR) is 139 cm³/mol. The Hall–Kier alpha value is -4.25. The lowest BCUT2D eigenvalue weighted by atomic mass is 10.1. The van der Waals surface area contributed by atoms with E-state index in [1.807, 2.05) is 6.07 Å². The van der Waals surface area contributed by atoms with Crippen LogP contribution in [0.5, 0.6) is 0 Å². The molecular weight excluding hydrogens is 496 g/mol. The quantitative estimate of drug-likeness (QED) is 0.302. The molecule has 1 unspecified atom stereocenters. The van der Waals surface area contributed by atoms with Crippen LogP contribution < -0.4 is 9.62 Å². The zero-order chi connectivity index (χ0) is 27.0.